The Bertz CT molecular complexity index is 664. The Morgan fingerprint density at radius 2 is 2.08 bits per heavy atom. The van der Waals surface area contributed by atoms with Crippen molar-refractivity contribution in [3.8, 4) is 0 Å². The van der Waals surface area contributed by atoms with Crippen molar-refractivity contribution in [1.82, 2.24) is 9.55 Å². The number of aliphatic hydroxyl groups excluding tert-OH is 1. The van der Waals surface area contributed by atoms with Crippen LogP contribution in [0, 0.1) is 5.92 Å². The van der Waals surface area contributed by atoms with Crippen molar-refractivity contribution in [1.29, 1.82) is 0 Å². The highest BCUT2D eigenvalue weighted by Crippen LogP contribution is 2.29. The molecule has 1 aliphatic heterocycles. The number of aryl methyl sites for hydroxylation is 1. The molecular weight excluding hydrogens is 316 g/mol. The third-order valence-corrected chi connectivity index (χ3v) is 4.77. The largest absolute Gasteiger partial charge is 0.396 e. The van der Waals surface area contributed by atoms with Gasteiger partial charge in [-0.2, -0.15) is 0 Å². The fourth-order valence-electron chi connectivity index (χ4n) is 3.27. The molecule has 2 N–H and O–H groups in total. The Hall–Kier alpha value is -2.34. The maximum absolute atomic E-state index is 12.3. The lowest BCUT2D eigenvalue weighted by molar-refractivity contribution is -0.116. The first-order valence-electron chi connectivity index (χ1n) is 8.96. The van der Waals surface area contributed by atoms with Gasteiger partial charge in [0.15, 0.2) is 0 Å². The molecule has 1 saturated heterocycles. The number of nitrogens with zero attached hydrogens (tertiary/aromatic N) is 3. The maximum atomic E-state index is 12.3. The number of carbonyl (C=O) groups is 1. The fourth-order valence-corrected chi connectivity index (χ4v) is 3.27. The second kappa shape index (κ2) is 8.67. The summed E-state index contributed by atoms with van der Waals surface area (Å²) in [6.07, 6.45) is 8.67. The predicted octanol–water partition coefficient (Wildman–Crippen LogP) is 2.51. The highest BCUT2D eigenvalue weighted by Gasteiger charge is 2.20. The summed E-state index contributed by atoms with van der Waals surface area (Å²) in [7, 11) is 0. The lowest BCUT2D eigenvalue weighted by Crippen LogP contribution is -2.35. The van der Waals surface area contributed by atoms with Crippen LogP contribution in [-0.2, 0) is 11.3 Å². The van der Waals surface area contributed by atoms with Crippen LogP contribution in [0.4, 0.5) is 11.4 Å². The molecule has 1 amide bonds. The number of rotatable bonds is 7. The van der Waals surface area contributed by atoms with Crippen LogP contribution in [0.3, 0.4) is 0 Å². The van der Waals surface area contributed by atoms with Crippen molar-refractivity contribution in [2.45, 2.75) is 32.2 Å². The second-order valence-electron chi connectivity index (χ2n) is 6.58. The molecule has 1 fully saturated rings. The van der Waals surface area contributed by atoms with E-state index in [1.807, 2.05) is 29.0 Å². The van der Waals surface area contributed by atoms with E-state index in [0.717, 1.165) is 50.3 Å². The molecule has 3 rings (SSSR count). The summed E-state index contributed by atoms with van der Waals surface area (Å²) in [5, 5.41) is 12.3. The summed E-state index contributed by atoms with van der Waals surface area (Å²) in [4.78, 5) is 18.6. The van der Waals surface area contributed by atoms with Crippen LogP contribution in [0.1, 0.15) is 25.7 Å². The molecule has 25 heavy (non-hydrogen) atoms. The van der Waals surface area contributed by atoms with Gasteiger partial charge in [-0.1, -0.05) is 12.1 Å². The van der Waals surface area contributed by atoms with Gasteiger partial charge in [-0.05, 0) is 37.3 Å². The lowest BCUT2D eigenvalue weighted by atomic mass is 9.97. The van der Waals surface area contributed by atoms with Gasteiger partial charge >= 0.3 is 0 Å². The third-order valence-electron chi connectivity index (χ3n) is 4.77. The number of imidazole rings is 1. The minimum absolute atomic E-state index is 0.0396. The van der Waals surface area contributed by atoms with E-state index in [2.05, 4.69) is 21.3 Å². The van der Waals surface area contributed by atoms with Crippen molar-refractivity contribution < 1.29 is 9.90 Å². The van der Waals surface area contributed by atoms with Crippen LogP contribution in [0.5, 0.6) is 0 Å². The molecule has 0 spiro atoms. The molecule has 1 aromatic heterocycles. The zero-order valence-corrected chi connectivity index (χ0v) is 14.5. The van der Waals surface area contributed by atoms with Crippen molar-refractivity contribution >= 4 is 17.3 Å². The van der Waals surface area contributed by atoms with Gasteiger partial charge in [-0.25, -0.2) is 4.98 Å². The van der Waals surface area contributed by atoms with E-state index < -0.39 is 0 Å². The van der Waals surface area contributed by atoms with E-state index >= 15 is 0 Å². The van der Waals surface area contributed by atoms with E-state index in [9.17, 15) is 9.90 Å². The van der Waals surface area contributed by atoms with Crippen LogP contribution in [0.2, 0.25) is 0 Å². The number of benzene rings is 1. The first-order valence-corrected chi connectivity index (χ1v) is 8.96. The highest BCUT2D eigenvalue weighted by molar-refractivity contribution is 5.94. The Kier molecular flexibility index (Phi) is 6.06. The zero-order chi connectivity index (χ0) is 17.5. The number of aromatic nitrogens is 2. The summed E-state index contributed by atoms with van der Waals surface area (Å²) in [6.45, 7) is 2.89. The minimum Gasteiger partial charge on any atom is -0.396 e. The molecule has 2 heterocycles. The number of aliphatic hydroxyl groups is 1. The number of amides is 1. The molecule has 2 aromatic rings. The Morgan fingerprint density at radius 1 is 1.28 bits per heavy atom. The smallest absolute Gasteiger partial charge is 0.224 e. The van der Waals surface area contributed by atoms with Crippen molar-refractivity contribution in [3.63, 3.8) is 0 Å². The molecule has 0 aliphatic carbocycles. The van der Waals surface area contributed by atoms with Gasteiger partial charge in [-0.15, -0.1) is 0 Å². The van der Waals surface area contributed by atoms with E-state index in [1.54, 1.807) is 12.5 Å². The number of nitrogens with one attached hydrogen (secondary N) is 1. The third kappa shape index (κ3) is 4.82. The van der Waals surface area contributed by atoms with Crippen LogP contribution in [-0.4, -0.2) is 40.3 Å². The van der Waals surface area contributed by atoms with Crippen LogP contribution < -0.4 is 10.2 Å². The molecule has 134 valence electrons. The normalized spacial score (nSPS) is 15.3. The summed E-state index contributed by atoms with van der Waals surface area (Å²) in [5.74, 6) is 0.444. The SMILES string of the molecule is O=C(CCCn1ccnc1)Nc1ccccc1N1CCC(CO)CC1. The van der Waals surface area contributed by atoms with Crippen molar-refractivity contribution in [2.75, 3.05) is 29.9 Å². The molecule has 0 saturated carbocycles. The molecular formula is C19H26N4O2. The summed E-state index contributed by atoms with van der Waals surface area (Å²) < 4.78 is 1.98. The molecule has 6 heteroatoms. The number of piperidine rings is 1. The number of hydrogen-bond acceptors (Lipinski definition) is 4. The number of para-hydroxylation sites is 2. The van der Waals surface area contributed by atoms with E-state index in [-0.39, 0.29) is 12.5 Å². The highest BCUT2D eigenvalue weighted by atomic mass is 16.3. The fraction of sp³-hybridized carbons (Fsp3) is 0.474. The van der Waals surface area contributed by atoms with Gasteiger partial charge in [0.2, 0.25) is 5.91 Å². The maximum Gasteiger partial charge on any atom is 0.224 e. The van der Waals surface area contributed by atoms with Crippen molar-refractivity contribution in [2.24, 2.45) is 5.92 Å². The first-order chi connectivity index (χ1) is 12.3. The molecule has 0 bridgehead atoms. The van der Waals surface area contributed by atoms with Crippen LogP contribution in [0.25, 0.3) is 0 Å². The first kappa shape index (κ1) is 17.5. The lowest BCUT2D eigenvalue weighted by Gasteiger charge is -2.34. The molecule has 0 radical (unpaired) electrons. The van der Waals surface area contributed by atoms with Gasteiger partial charge in [0.05, 0.1) is 17.7 Å². The number of anilines is 2. The quantitative estimate of drug-likeness (QED) is 0.811. The molecule has 0 atom stereocenters. The molecule has 1 aliphatic rings. The molecule has 6 nitrogen and oxygen atoms in total. The average molecular weight is 342 g/mol. The number of carbonyl (C=O) groups excluding carboxylic acids is 1. The molecule has 0 unspecified atom stereocenters. The number of hydrogen-bond donors (Lipinski definition) is 2. The average Bonchev–Trinajstić information content (AvgIpc) is 3.16. The van der Waals surface area contributed by atoms with Crippen LogP contribution in [0.15, 0.2) is 43.0 Å². The van der Waals surface area contributed by atoms with Gasteiger partial charge < -0.3 is 19.9 Å². The van der Waals surface area contributed by atoms with E-state index in [4.69, 9.17) is 0 Å². The summed E-state index contributed by atoms with van der Waals surface area (Å²) >= 11 is 0. The minimum atomic E-state index is 0.0396. The predicted molar refractivity (Wildman–Crippen MR) is 98.6 cm³/mol. The second-order valence-corrected chi connectivity index (χ2v) is 6.58. The Morgan fingerprint density at radius 3 is 2.80 bits per heavy atom. The van der Waals surface area contributed by atoms with Crippen LogP contribution >= 0.6 is 0 Å². The topological polar surface area (TPSA) is 70.4 Å². The molecule has 1 aromatic carbocycles. The van der Waals surface area contributed by atoms with Crippen molar-refractivity contribution in [3.05, 3.63) is 43.0 Å². The Labute approximate surface area is 148 Å². The van der Waals surface area contributed by atoms with Gasteiger partial charge in [-0.3, -0.25) is 4.79 Å². The van der Waals surface area contributed by atoms with E-state index in [0.29, 0.717) is 12.3 Å². The zero-order valence-electron chi connectivity index (χ0n) is 14.5. The van der Waals surface area contributed by atoms with Gasteiger partial charge in [0.25, 0.3) is 0 Å². The summed E-state index contributed by atoms with van der Waals surface area (Å²) in [6, 6.07) is 7.97. The summed E-state index contributed by atoms with van der Waals surface area (Å²) in [5.41, 5.74) is 1.94. The Balaban J connectivity index is 1.54. The van der Waals surface area contributed by atoms with Gasteiger partial charge in [0, 0.05) is 45.1 Å². The van der Waals surface area contributed by atoms with Gasteiger partial charge in [0.1, 0.15) is 0 Å². The van der Waals surface area contributed by atoms with E-state index in [1.165, 1.54) is 0 Å². The standard InChI is InChI=1S/C19H26N4O2/c24-14-16-7-11-23(12-8-16)18-5-2-1-4-17(18)21-19(25)6-3-10-22-13-9-20-15-22/h1-2,4-5,9,13,15-16,24H,3,6-8,10-12,14H2,(H,21,25). The monoisotopic (exact) mass is 342 g/mol.